The zero-order valence-electron chi connectivity index (χ0n) is 11.6. The predicted molar refractivity (Wildman–Crippen MR) is 73.5 cm³/mol. The number of hydrogen-bond acceptors (Lipinski definition) is 5. The summed E-state index contributed by atoms with van der Waals surface area (Å²) in [5.41, 5.74) is 0.409. The molecule has 6 heteroatoms. The Kier molecular flexibility index (Phi) is 4.06. The smallest absolute Gasteiger partial charge is 0.296 e. The Morgan fingerprint density at radius 3 is 2.55 bits per heavy atom. The molecule has 1 aliphatic rings. The second-order valence-electron chi connectivity index (χ2n) is 5.05. The van der Waals surface area contributed by atoms with Crippen molar-refractivity contribution in [1.82, 2.24) is 0 Å². The van der Waals surface area contributed by atoms with Crippen molar-refractivity contribution < 1.29 is 22.1 Å². The van der Waals surface area contributed by atoms with Gasteiger partial charge >= 0.3 is 0 Å². The fourth-order valence-electron chi connectivity index (χ4n) is 1.83. The van der Waals surface area contributed by atoms with E-state index in [1.807, 2.05) is 13.8 Å². The molecule has 1 aliphatic heterocycles. The number of benzene rings is 1. The highest BCUT2D eigenvalue weighted by molar-refractivity contribution is 7.86. The molecular formula is C14H18O5S. The molecule has 1 saturated heterocycles. The van der Waals surface area contributed by atoms with Gasteiger partial charge in [-0.25, -0.2) is 0 Å². The van der Waals surface area contributed by atoms with Crippen molar-refractivity contribution in [2.45, 2.75) is 30.8 Å². The molecule has 0 amide bonds. The van der Waals surface area contributed by atoms with E-state index >= 15 is 0 Å². The molecule has 1 aromatic rings. The number of aryl methyl sites for hydroxylation is 1. The highest BCUT2D eigenvalue weighted by atomic mass is 32.2. The van der Waals surface area contributed by atoms with Crippen LogP contribution in [0.2, 0.25) is 0 Å². The van der Waals surface area contributed by atoms with Gasteiger partial charge in [0.15, 0.2) is 0 Å². The van der Waals surface area contributed by atoms with Crippen LogP contribution in [0.25, 0.3) is 0 Å². The largest absolute Gasteiger partial charge is 0.462 e. The summed E-state index contributed by atoms with van der Waals surface area (Å²) in [6, 6.07) is 6.53. The van der Waals surface area contributed by atoms with Crippen molar-refractivity contribution in [3.8, 4) is 0 Å². The lowest BCUT2D eigenvalue weighted by atomic mass is 10.1. The second kappa shape index (κ2) is 5.46. The second-order valence-corrected chi connectivity index (χ2v) is 6.67. The van der Waals surface area contributed by atoms with Gasteiger partial charge in [0, 0.05) is 6.42 Å². The first kappa shape index (κ1) is 14.9. The summed E-state index contributed by atoms with van der Waals surface area (Å²) in [6.07, 6.45) is 0.400. The Labute approximate surface area is 119 Å². The molecule has 1 atom stereocenters. The van der Waals surface area contributed by atoms with E-state index in [9.17, 15) is 8.42 Å². The maximum absolute atomic E-state index is 12.0. The first-order valence-corrected chi connectivity index (χ1v) is 7.68. The molecule has 1 aromatic carbocycles. The van der Waals surface area contributed by atoms with Gasteiger partial charge in [-0.2, -0.15) is 8.42 Å². The molecule has 0 radical (unpaired) electrons. The van der Waals surface area contributed by atoms with Gasteiger partial charge in [0.2, 0.25) is 0 Å². The Morgan fingerprint density at radius 2 is 2.00 bits per heavy atom. The van der Waals surface area contributed by atoms with Crippen molar-refractivity contribution in [1.29, 1.82) is 0 Å². The zero-order chi connectivity index (χ0) is 14.8. The van der Waals surface area contributed by atoms with Gasteiger partial charge in [0.1, 0.15) is 12.2 Å². The Morgan fingerprint density at radius 1 is 1.35 bits per heavy atom. The predicted octanol–water partition coefficient (Wildman–Crippen LogP) is 2.37. The molecule has 0 bridgehead atoms. The van der Waals surface area contributed by atoms with Crippen LogP contribution in [0, 0.1) is 6.92 Å². The van der Waals surface area contributed by atoms with Crippen molar-refractivity contribution in [2.24, 2.45) is 0 Å². The maximum Gasteiger partial charge on any atom is 0.296 e. The van der Waals surface area contributed by atoms with E-state index in [0.29, 0.717) is 13.0 Å². The van der Waals surface area contributed by atoms with E-state index in [-0.39, 0.29) is 17.4 Å². The Hall–Kier alpha value is -1.53. The maximum atomic E-state index is 12.0. The number of hydrogen-bond donors (Lipinski definition) is 0. The van der Waals surface area contributed by atoms with Gasteiger partial charge in [-0.15, -0.1) is 0 Å². The highest BCUT2D eigenvalue weighted by Crippen LogP contribution is 2.27. The molecule has 0 N–H and O–H groups in total. The summed E-state index contributed by atoms with van der Waals surface area (Å²) in [5, 5.41) is 0. The molecule has 1 heterocycles. The van der Waals surface area contributed by atoms with Gasteiger partial charge in [-0.3, -0.25) is 4.18 Å². The van der Waals surface area contributed by atoms with E-state index in [1.54, 1.807) is 12.1 Å². The van der Waals surface area contributed by atoms with Gasteiger partial charge in [-0.1, -0.05) is 17.7 Å². The third kappa shape index (κ3) is 3.52. The molecule has 0 aliphatic carbocycles. The van der Waals surface area contributed by atoms with Crippen LogP contribution >= 0.6 is 0 Å². The van der Waals surface area contributed by atoms with E-state index in [0.717, 1.165) is 5.56 Å². The van der Waals surface area contributed by atoms with Crippen molar-refractivity contribution in [3.63, 3.8) is 0 Å². The quantitative estimate of drug-likeness (QED) is 0.781. The topological polar surface area (TPSA) is 61.8 Å². The van der Waals surface area contributed by atoms with Crippen LogP contribution in [-0.2, 0) is 23.8 Å². The molecule has 110 valence electrons. The van der Waals surface area contributed by atoms with Crippen LogP contribution in [-0.4, -0.2) is 27.2 Å². The minimum Gasteiger partial charge on any atom is -0.462 e. The van der Waals surface area contributed by atoms with Crippen LogP contribution in [0.5, 0.6) is 0 Å². The average molecular weight is 298 g/mol. The first-order valence-electron chi connectivity index (χ1n) is 6.28. The zero-order valence-corrected chi connectivity index (χ0v) is 12.4. The van der Waals surface area contributed by atoms with Crippen LogP contribution in [0.3, 0.4) is 0 Å². The highest BCUT2D eigenvalue weighted by Gasteiger charge is 2.34. The monoisotopic (exact) mass is 298 g/mol. The summed E-state index contributed by atoms with van der Waals surface area (Å²) in [5.74, 6) is 0.258. The van der Waals surface area contributed by atoms with E-state index in [4.69, 9.17) is 13.7 Å². The van der Waals surface area contributed by atoms with E-state index < -0.39 is 15.7 Å². The normalized spacial score (nSPS) is 22.4. The van der Waals surface area contributed by atoms with Crippen LogP contribution in [0.1, 0.15) is 18.9 Å². The lowest BCUT2D eigenvalue weighted by molar-refractivity contribution is 0.0461. The van der Waals surface area contributed by atoms with E-state index in [1.165, 1.54) is 12.1 Å². The molecule has 0 aromatic heterocycles. The van der Waals surface area contributed by atoms with Crippen LogP contribution in [0.15, 0.2) is 41.7 Å². The molecule has 20 heavy (non-hydrogen) atoms. The van der Waals surface area contributed by atoms with Gasteiger partial charge in [0.05, 0.1) is 11.5 Å². The summed E-state index contributed by atoms with van der Waals surface area (Å²) >= 11 is 0. The minimum absolute atomic E-state index is 0.0311. The van der Waals surface area contributed by atoms with Crippen LogP contribution in [0.4, 0.5) is 0 Å². The lowest BCUT2D eigenvalue weighted by Crippen LogP contribution is -2.29. The molecule has 2 rings (SSSR count). The summed E-state index contributed by atoms with van der Waals surface area (Å²) in [7, 11) is -3.73. The molecule has 1 fully saturated rings. The third-order valence-electron chi connectivity index (χ3n) is 3.08. The SMILES string of the molecule is C=C1OC[C@](C)(CCOS(=O)(=O)c2ccc(C)cc2)O1. The van der Waals surface area contributed by atoms with Gasteiger partial charge in [0.25, 0.3) is 16.1 Å². The van der Waals surface area contributed by atoms with Crippen molar-refractivity contribution >= 4 is 10.1 Å². The first-order chi connectivity index (χ1) is 9.31. The molecule has 0 spiro atoms. The molecular weight excluding hydrogens is 280 g/mol. The van der Waals surface area contributed by atoms with Crippen molar-refractivity contribution in [3.05, 3.63) is 42.4 Å². The molecule has 5 nitrogen and oxygen atoms in total. The number of ether oxygens (including phenoxy) is 2. The van der Waals surface area contributed by atoms with Crippen LogP contribution < -0.4 is 0 Å². The summed E-state index contributed by atoms with van der Waals surface area (Å²) in [4.78, 5) is 0.154. The van der Waals surface area contributed by atoms with Crippen molar-refractivity contribution in [2.75, 3.05) is 13.2 Å². The summed E-state index contributed by atoms with van der Waals surface area (Å²) in [6.45, 7) is 7.65. The lowest BCUT2D eigenvalue weighted by Gasteiger charge is -2.19. The number of rotatable bonds is 5. The minimum atomic E-state index is -3.73. The molecule has 0 unspecified atom stereocenters. The van der Waals surface area contributed by atoms with E-state index in [2.05, 4.69) is 6.58 Å². The van der Waals surface area contributed by atoms with Gasteiger partial charge < -0.3 is 9.47 Å². The Bertz CT molecular complexity index is 590. The van der Waals surface area contributed by atoms with Gasteiger partial charge in [-0.05, 0) is 32.6 Å². The molecule has 0 saturated carbocycles. The fourth-order valence-corrected chi connectivity index (χ4v) is 2.74. The standard InChI is InChI=1S/C14H18O5S/c1-11-4-6-13(7-5-11)20(15,16)18-9-8-14(3)10-17-12(2)19-14/h4-7H,2,8-10H2,1,3H3/t14-/m0/s1. The average Bonchev–Trinajstić information content (AvgIpc) is 2.69. The summed E-state index contributed by atoms with van der Waals surface area (Å²) < 4.78 is 39.5. The Balaban J connectivity index is 1.93. The fraction of sp³-hybridized carbons (Fsp3) is 0.429. The third-order valence-corrected chi connectivity index (χ3v) is 4.40.